The Hall–Kier alpha value is -2.45. The molecule has 0 aromatic heterocycles. The molecule has 0 bridgehead atoms. The summed E-state index contributed by atoms with van der Waals surface area (Å²) in [5.74, 6) is -0.0726. The van der Waals surface area contributed by atoms with Crippen LogP contribution >= 0.6 is 0 Å². The van der Waals surface area contributed by atoms with Gasteiger partial charge < -0.3 is 4.43 Å². The highest BCUT2D eigenvalue weighted by molar-refractivity contribution is 6.74. The maximum atomic E-state index is 15.1. The lowest BCUT2D eigenvalue weighted by Gasteiger charge is -2.36. The number of hydrogen-bond donors (Lipinski definition) is 0. The predicted octanol–water partition coefficient (Wildman–Crippen LogP) is 6.39. The molecule has 0 spiro atoms. The van der Waals surface area contributed by atoms with Crippen LogP contribution in [0.25, 0.3) is 0 Å². The molecule has 0 saturated heterocycles. The van der Waals surface area contributed by atoms with Gasteiger partial charge in [-0.05, 0) is 66.5 Å². The molecule has 0 aliphatic carbocycles. The third-order valence-electron chi connectivity index (χ3n) is 5.06. The summed E-state index contributed by atoms with van der Waals surface area (Å²) >= 11 is 0. The van der Waals surface area contributed by atoms with Gasteiger partial charge in [-0.3, -0.25) is 4.99 Å². The fourth-order valence-corrected chi connectivity index (χ4v) is 3.25. The molecular formula is C22H27FN2OSi. The third-order valence-corrected chi connectivity index (χ3v) is 9.40. The van der Waals surface area contributed by atoms with E-state index in [2.05, 4.69) is 44.9 Å². The van der Waals surface area contributed by atoms with E-state index < -0.39 is 8.32 Å². The van der Waals surface area contributed by atoms with E-state index in [-0.39, 0.29) is 10.9 Å². The maximum absolute atomic E-state index is 15.1. The highest BCUT2D eigenvalue weighted by atomic mass is 28.4. The van der Waals surface area contributed by atoms with Crippen LogP contribution in [0.4, 0.5) is 10.1 Å². The normalized spacial score (nSPS) is 12.2. The maximum Gasteiger partial charge on any atom is 0.250 e. The van der Waals surface area contributed by atoms with E-state index in [1.807, 2.05) is 6.92 Å². The van der Waals surface area contributed by atoms with E-state index in [4.69, 9.17) is 9.69 Å². The van der Waals surface area contributed by atoms with Crippen LogP contribution in [0.2, 0.25) is 18.1 Å². The number of hydrogen-bond acceptors (Lipinski definition) is 3. The summed E-state index contributed by atoms with van der Waals surface area (Å²) in [6, 6.07) is 12.5. The molecule has 27 heavy (non-hydrogen) atoms. The Kier molecular flexibility index (Phi) is 6.22. The Balaban J connectivity index is 2.39. The molecule has 5 heteroatoms. The van der Waals surface area contributed by atoms with Crippen molar-refractivity contribution in [1.29, 1.82) is 5.26 Å². The van der Waals surface area contributed by atoms with Crippen molar-refractivity contribution in [3.8, 4) is 11.8 Å². The minimum Gasteiger partial charge on any atom is -0.542 e. The number of nitriles is 1. The second-order valence-corrected chi connectivity index (χ2v) is 12.9. The van der Waals surface area contributed by atoms with Crippen LogP contribution in [0.15, 0.2) is 41.4 Å². The van der Waals surface area contributed by atoms with Gasteiger partial charge in [-0.25, -0.2) is 4.39 Å². The first-order valence-corrected chi connectivity index (χ1v) is 12.0. The van der Waals surface area contributed by atoms with Gasteiger partial charge in [0, 0.05) is 11.8 Å². The van der Waals surface area contributed by atoms with Crippen molar-refractivity contribution in [1.82, 2.24) is 0 Å². The van der Waals surface area contributed by atoms with Gasteiger partial charge in [-0.15, -0.1) is 0 Å². The smallest absolute Gasteiger partial charge is 0.250 e. The first kappa shape index (κ1) is 20.9. The van der Waals surface area contributed by atoms with Crippen LogP contribution in [0.1, 0.15) is 44.4 Å². The fourth-order valence-electron chi connectivity index (χ4n) is 2.25. The molecule has 3 nitrogen and oxygen atoms in total. The Labute approximate surface area is 162 Å². The molecule has 0 amide bonds. The molecule has 0 N–H and O–H groups in total. The number of aliphatic imine (C=N–C) groups is 1. The van der Waals surface area contributed by atoms with Crippen molar-refractivity contribution in [2.75, 3.05) is 0 Å². The second-order valence-electron chi connectivity index (χ2n) is 8.13. The lowest BCUT2D eigenvalue weighted by atomic mass is 10.1. The SMILES string of the molecule is CCc1cc(C=Nc2ccc(C#N)cc2)c(F)c(O[Si](C)(C)C(C)(C)C)c1. The van der Waals surface area contributed by atoms with E-state index in [9.17, 15) is 0 Å². The van der Waals surface area contributed by atoms with Crippen LogP contribution in [-0.2, 0) is 6.42 Å². The molecule has 0 heterocycles. The third kappa shape index (κ3) is 5.05. The van der Waals surface area contributed by atoms with Gasteiger partial charge in [0.2, 0.25) is 0 Å². The Morgan fingerprint density at radius 2 is 1.81 bits per heavy atom. The first-order chi connectivity index (χ1) is 12.6. The van der Waals surface area contributed by atoms with E-state index in [1.165, 1.54) is 6.21 Å². The average Bonchev–Trinajstić information content (AvgIpc) is 2.61. The Bertz CT molecular complexity index is 875. The molecule has 2 aromatic rings. The summed E-state index contributed by atoms with van der Waals surface area (Å²) in [4.78, 5) is 4.36. The average molecular weight is 383 g/mol. The lowest BCUT2D eigenvalue weighted by molar-refractivity contribution is 0.456. The van der Waals surface area contributed by atoms with Gasteiger partial charge in [0.1, 0.15) is 5.75 Å². The van der Waals surface area contributed by atoms with E-state index >= 15 is 4.39 Å². The van der Waals surface area contributed by atoms with Crippen molar-refractivity contribution in [2.45, 2.75) is 52.2 Å². The summed E-state index contributed by atoms with van der Waals surface area (Å²) in [7, 11) is -2.15. The molecule has 0 aliphatic rings. The molecule has 0 unspecified atom stereocenters. The molecule has 2 rings (SSSR count). The van der Waals surface area contributed by atoms with Crippen molar-refractivity contribution >= 4 is 20.2 Å². The lowest BCUT2D eigenvalue weighted by Crippen LogP contribution is -2.44. The van der Waals surface area contributed by atoms with Crippen LogP contribution in [0.3, 0.4) is 0 Å². The Morgan fingerprint density at radius 3 is 2.33 bits per heavy atom. The number of nitrogens with zero attached hydrogens (tertiary/aromatic N) is 2. The zero-order chi connectivity index (χ0) is 20.2. The van der Waals surface area contributed by atoms with Crippen LogP contribution < -0.4 is 4.43 Å². The molecule has 2 aromatic carbocycles. The predicted molar refractivity (Wildman–Crippen MR) is 112 cm³/mol. The summed E-state index contributed by atoms with van der Waals surface area (Å²) in [5.41, 5.74) is 2.65. The quantitative estimate of drug-likeness (QED) is 0.444. The second kappa shape index (κ2) is 8.06. The van der Waals surface area contributed by atoms with Gasteiger partial charge in [0.15, 0.2) is 5.82 Å². The van der Waals surface area contributed by atoms with Crippen molar-refractivity contribution < 1.29 is 8.82 Å². The van der Waals surface area contributed by atoms with Crippen LogP contribution in [-0.4, -0.2) is 14.5 Å². The minimum absolute atomic E-state index is 0.0155. The van der Waals surface area contributed by atoms with Crippen molar-refractivity contribution in [3.63, 3.8) is 0 Å². The number of halogens is 1. The highest BCUT2D eigenvalue weighted by Gasteiger charge is 2.39. The summed E-state index contributed by atoms with van der Waals surface area (Å²) in [5, 5.41) is 8.85. The Morgan fingerprint density at radius 1 is 1.19 bits per heavy atom. The topological polar surface area (TPSA) is 45.4 Å². The largest absolute Gasteiger partial charge is 0.542 e. The zero-order valence-corrected chi connectivity index (χ0v) is 17.9. The van der Waals surface area contributed by atoms with Gasteiger partial charge in [-0.1, -0.05) is 27.7 Å². The van der Waals surface area contributed by atoms with Crippen molar-refractivity contribution in [2.24, 2.45) is 4.99 Å². The molecule has 0 radical (unpaired) electrons. The zero-order valence-electron chi connectivity index (χ0n) is 16.9. The van der Waals surface area contributed by atoms with E-state index in [0.29, 0.717) is 22.6 Å². The summed E-state index contributed by atoms with van der Waals surface area (Å²) in [6.07, 6.45) is 2.31. The molecule has 0 aliphatic heterocycles. The number of benzene rings is 2. The molecular weight excluding hydrogens is 355 g/mol. The van der Waals surface area contributed by atoms with Crippen LogP contribution in [0, 0.1) is 17.1 Å². The summed E-state index contributed by atoms with van der Waals surface area (Å²) in [6.45, 7) is 12.6. The van der Waals surface area contributed by atoms with Gasteiger partial charge in [0.05, 0.1) is 17.3 Å². The summed E-state index contributed by atoms with van der Waals surface area (Å²) < 4.78 is 21.3. The molecule has 0 fully saturated rings. The number of aryl methyl sites for hydroxylation is 1. The standard InChI is InChI=1S/C22H27FN2OSi/c1-7-16-12-18(15-25-19-10-8-17(14-24)9-11-19)21(23)20(13-16)26-27(5,6)22(2,3)4/h8-13,15H,7H2,1-6H3. The van der Waals surface area contributed by atoms with E-state index in [0.717, 1.165) is 12.0 Å². The fraction of sp³-hybridized carbons (Fsp3) is 0.364. The van der Waals surface area contributed by atoms with Gasteiger partial charge in [-0.2, -0.15) is 5.26 Å². The highest BCUT2D eigenvalue weighted by Crippen LogP contribution is 2.38. The van der Waals surface area contributed by atoms with Crippen LogP contribution in [0.5, 0.6) is 5.75 Å². The minimum atomic E-state index is -2.15. The monoisotopic (exact) mass is 382 g/mol. The number of rotatable bonds is 5. The molecule has 0 atom stereocenters. The first-order valence-electron chi connectivity index (χ1n) is 9.13. The molecule has 142 valence electrons. The van der Waals surface area contributed by atoms with Gasteiger partial charge in [0.25, 0.3) is 8.32 Å². The van der Waals surface area contributed by atoms with Crippen molar-refractivity contribution in [3.05, 3.63) is 58.9 Å². The van der Waals surface area contributed by atoms with E-state index in [1.54, 1.807) is 36.4 Å². The van der Waals surface area contributed by atoms with Gasteiger partial charge >= 0.3 is 0 Å². The molecule has 0 saturated carbocycles.